The smallest absolute Gasteiger partial charge is 0.407 e. The van der Waals surface area contributed by atoms with E-state index < -0.39 is 17.7 Å². The molecule has 0 spiro atoms. The molecule has 2 atom stereocenters. The van der Waals surface area contributed by atoms with Crippen LogP contribution in [0.5, 0.6) is 0 Å². The number of aliphatic carboxylic acids is 1. The van der Waals surface area contributed by atoms with Gasteiger partial charge in [-0.2, -0.15) is 0 Å². The van der Waals surface area contributed by atoms with Crippen molar-refractivity contribution >= 4 is 12.1 Å². The summed E-state index contributed by atoms with van der Waals surface area (Å²) >= 11 is 0. The molecule has 0 aliphatic heterocycles. The van der Waals surface area contributed by atoms with E-state index in [1.165, 1.54) is 6.42 Å². The topological polar surface area (TPSA) is 75.6 Å². The number of carbonyl (C=O) groups excluding carboxylic acids is 1. The Bertz CT molecular complexity index is 296. The van der Waals surface area contributed by atoms with Crippen LogP contribution in [0.15, 0.2) is 0 Å². The molecule has 5 heteroatoms. The van der Waals surface area contributed by atoms with Crippen LogP contribution in [0.3, 0.4) is 0 Å². The minimum absolute atomic E-state index is 0.0732. The van der Waals surface area contributed by atoms with Gasteiger partial charge in [-0.3, -0.25) is 4.79 Å². The van der Waals surface area contributed by atoms with Crippen LogP contribution in [0.4, 0.5) is 4.79 Å². The highest BCUT2D eigenvalue weighted by atomic mass is 16.6. The fourth-order valence-corrected chi connectivity index (χ4v) is 1.81. The molecule has 19 heavy (non-hydrogen) atoms. The summed E-state index contributed by atoms with van der Waals surface area (Å²) in [6, 6.07) is -0.0732. The van der Waals surface area contributed by atoms with E-state index in [2.05, 4.69) is 19.2 Å². The van der Waals surface area contributed by atoms with Gasteiger partial charge < -0.3 is 15.2 Å². The molecule has 2 N–H and O–H groups in total. The van der Waals surface area contributed by atoms with Crippen LogP contribution in [0, 0.1) is 5.92 Å². The third kappa shape index (κ3) is 8.46. The normalized spacial score (nSPS) is 22.2. The van der Waals surface area contributed by atoms with Crippen molar-refractivity contribution in [2.45, 2.75) is 71.9 Å². The van der Waals surface area contributed by atoms with Crippen molar-refractivity contribution in [1.29, 1.82) is 0 Å². The van der Waals surface area contributed by atoms with Crippen molar-refractivity contribution in [3.05, 3.63) is 0 Å². The maximum Gasteiger partial charge on any atom is 0.407 e. The Hall–Kier alpha value is -1.26. The Morgan fingerprint density at radius 3 is 2.16 bits per heavy atom. The number of hydrogen-bond acceptors (Lipinski definition) is 3. The predicted octanol–water partition coefficient (Wildman–Crippen LogP) is 3.18. The fourth-order valence-electron chi connectivity index (χ4n) is 1.81. The van der Waals surface area contributed by atoms with Crippen LogP contribution in [-0.4, -0.2) is 28.8 Å². The summed E-state index contributed by atoms with van der Waals surface area (Å²) in [5.74, 6) is -1.12. The fraction of sp³-hybridized carbons (Fsp3) is 0.857. The second-order valence-electron chi connectivity index (χ2n) is 5.90. The van der Waals surface area contributed by atoms with Gasteiger partial charge in [-0.05, 0) is 40.0 Å². The number of carbonyl (C=O) groups is 2. The zero-order valence-electron chi connectivity index (χ0n) is 12.7. The van der Waals surface area contributed by atoms with Crippen molar-refractivity contribution in [3.8, 4) is 0 Å². The second kappa shape index (κ2) is 8.02. The molecule has 0 aromatic carbocycles. The van der Waals surface area contributed by atoms with Crippen LogP contribution >= 0.6 is 0 Å². The average molecular weight is 273 g/mol. The lowest BCUT2D eigenvalue weighted by atomic mass is 10.1. The van der Waals surface area contributed by atoms with Gasteiger partial charge in [0.25, 0.3) is 0 Å². The van der Waals surface area contributed by atoms with E-state index in [0.29, 0.717) is 19.3 Å². The highest BCUT2D eigenvalue weighted by Crippen LogP contribution is 2.25. The highest BCUT2D eigenvalue weighted by molar-refractivity contribution is 5.71. The van der Waals surface area contributed by atoms with Crippen LogP contribution in [0.2, 0.25) is 0 Å². The minimum atomic E-state index is -0.784. The zero-order valence-corrected chi connectivity index (χ0v) is 12.7. The summed E-state index contributed by atoms with van der Waals surface area (Å²) < 4.78 is 5.10. The van der Waals surface area contributed by atoms with Crippen molar-refractivity contribution in [2.24, 2.45) is 5.92 Å². The summed E-state index contributed by atoms with van der Waals surface area (Å²) in [6.07, 6.45) is 2.60. The molecule has 1 amide bonds. The number of amides is 1. The molecule has 1 aliphatic carbocycles. The summed E-state index contributed by atoms with van der Waals surface area (Å²) in [6.45, 7) is 9.63. The van der Waals surface area contributed by atoms with Crippen LogP contribution < -0.4 is 5.32 Å². The Balaban J connectivity index is 0.000000982. The number of carboxylic acid groups (broad SMARTS) is 1. The monoisotopic (exact) mass is 273 g/mol. The molecule has 0 bridgehead atoms. The van der Waals surface area contributed by atoms with E-state index in [1.807, 2.05) is 0 Å². The Morgan fingerprint density at radius 2 is 1.79 bits per heavy atom. The number of rotatable bonds is 2. The second-order valence-corrected chi connectivity index (χ2v) is 5.90. The lowest BCUT2D eigenvalue weighted by molar-refractivity contribution is -0.141. The molecule has 0 heterocycles. The predicted molar refractivity (Wildman–Crippen MR) is 74.1 cm³/mol. The molecular formula is C14H27NO4. The molecule has 0 radical (unpaired) electrons. The summed E-state index contributed by atoms with van der Waals surface area (Å²) in [7, 11) is 0. The average Bonchev–Trinajstić information content (AvgIpc) is 2.64. The number of ether oxygens (including phenoxy) is 1. The van der Waals surface area contributed by atoms with Crippen LogP contribution in [-0.2, 0) is 9.53 Å². The van der Waals surface area contributed by atoms with E-state index in [9.17, 15) is 9.59 Å². The first-order valence-corrected chi connectivity index (χ1v) is 6.91. The number of carboxylic acids is 1. The highest BCUT2D eigenvalue weighted by Gasteiger charge is 2.31. The SMILES string of the molecule is CC(C)(C)OC(=O)NC1CCC(C(=O)O)C1.CCC. The standard InChI is InChI=1S/C11H19NO4.C3H8/c1-11(2,3)16-10(15)12-8-5-4-7(6-8)9(13)14;1-3-2/h7-8H,4-6H2,1-3H3,(H,12,15)(H,13,14);3H2,1-2H3. The van der Waals surface area contributed by atoms with E-state index in [4.69, 9.17) is 9.84 Å². The maximum atomic E-state index is 11.4. The van der Waals surface area contributed by atoms with Crippen LogP contribution in [0.1, 0.15) is 60.3 Å². The van der Waals surface area contributed by atoms with Crippen molar-refractivity contribution in [1.82, 2.24) is 5.32 Å². The quantitative estimate of drug-likeness (QED) is 0.810. The summed E-state index contributed by atoms with van der Waals surface area (Å²) in [5.41, 5.74) is -0.519. The van der Waals surface area contributed by atoms with E-state index in [1.54, 1.807) is 20.8 Å². The molecule has 112 valence electrons. The Labute approximate surface area is 115 Å². The van der Waals surface area contributed by atoms with Gasteiger partial charge in [0.05, 0.1) is 5.92 Å². The summed E-state index contributed by atoms with van der Waals surface area (Å²) in [5, 5.41) is 11.5. The van der Waals surface area contributed by atoms with Crippen molar-refractivity contribution in [2.75, 3.05) is 0 Å². The van der Waals surface area contributed by atoms with Gasteiger partial charge in [-0.1, -0.05) is 20.3 Å². The zero-order chi connectivity index (χ0) is 15.1. The molecule has 2 unspecified atom stereocenters. The maximum absolute atomic E-state index is 11.4. The third-order valence-electron chi connectivity index (χ3n) is 2.50. The molecule has 0 aromatic rings. The first-order chi connectivity index (χ1) is 8.69. The minimum Gasteiger partial charge on any atom is -0.481 e. The van der Waals surface area contributed by atoms with Gasteiger partial charge in [-0.25, -0.2) is 4.79 Å². The van der Waals surface area contributed by atoms with Crippen LogP contribution in [0.25, 0.3) is 0 Å². The molecule has 1 saturated carbocycles. The largest absolute Gasteiger partial charge is 0.481 e. The van der Waals surface area contributed by atoms with E-state index >= 15 is 0 Å². The number of nitrogens with one attached hydrogen (secondary N) is 1. The molecule has 1 rings (SSSR count). The van der Waals surface area contributed by atoms with Gasteiger partial charge in [0.15, 0.2) is 0 Å². The van der Waals surface area contributed by atoms with Crippen molar-refractivity contribution in [3.63, 3.8) is 0 Å². The third-order valence-corrected chi connectivity index (χ3v) is 2.50. The van der Waals surface area contributed by atoms with Gasteiger partial charge in [0, 0.05) is 6.04 Å². The van der Waals surface area contributed by atoms with Gasteiger partial charge >= 0.3 is 12.1 Å². The van der Waals surface area contributed by atoms with Gasteiger partial charge in [0.1, 0.15) is 5.60 Å². The Kier molecular flexibility index (Phi) is 7.49. The lowest BCUT2D eigenvalue weighted by Crippen LogP contribution is -2.38. The summed E-state index contributed by atoms with van der Waals surface area (Å²) in [4.78, 5) is 22.1. The first kappa shape index (κ1) is 17.7. The van der Waals surface area contributed by atoms with Gasteiger partial charge in [0.2, 0.25) is 0 Å². The van der Waals surface area contributed by atoms with Gasteiger partial charge in [-0.15, -0.1) is 0 Å². The Morgan fingerprint density at radius 1 is 1.26 bits per heavy atom. The molecular weight excluding hydrogens is 246 g/mol. The van der Waals surface area contributed by atoms with Crippen molar-refractivity contribution < 1.29 is 19.4 Å². The molecule has 0 saturated heterocycles. The van der Waals surface area contributed by atoms with E-state index in [-0.39, 0.29) is 12.0 Å². The molecule has 1 fully saturated rings. The molecule has 5 nitrogen and oxygen atoms in total. The lowest BCUT2D eigenvalue weighted by Gasteiger charge is -2.21. The molecule has 1 aliphatic rings. The number of hydrogen-bond donors (Lipinski definition) is 2. The number of alkyl carbamates (subject to hydrolysis) is 1. The first-order valence-electron chi connectivity index (χ1n) is 6.91. The molecule has 0 aromatic heterocycles. The van der Waals surface area contributed by atoms with E-state index in [0.717, 1.165) is 0 Å².